The maximum Gasteiger partial charge on any atom is 0.311 e. The molecule has 0 aliphatic carbocycles. The zero-order valence-corrected chi connectivity index (χ0v) is 18.2. The lowest BCUT2D eigenvalue weighted by Gasteiger charge is -2.42. The molecule has 0 N–H and O–H groups in total. The summed E-state index contributed by atoms with van der Waals surface area (Å²) in [5.41, 5.74) is 3.72. The van der Waals surface area contributed by atoms with Crippen LogP contribution in [0, 0.1) is 18.8 Å². The molecule has 4 nitrogen and oxygen atoms in total. The van der Waals surface area contributed by atoms with Gasteiger partial charge in [0.1, 0.15) is 22.8 Å². The van der Waals surface area contributed by atoms with Crippen molar-refractivity contribution in [3.63, 3.8) is 0 Å². The number of aromatic nitrogens is 1. The molecular weight excluding hydrogens is 362 g/mol. The van der Waals surface area contributed by atoms with Gasteiger partial charge in [0.2, 0.25) is 0 Å². The number of nitrogens with zero attached hydrogens (tertiary/aromatic N) is 1. The second-order valence-corrected chi connectivity index (χ2v) is 8.94. The highest BCUT2D eigenvalue weighted by Crippen LogP contribution is 2.45. The predicted molar refractivity (Wildman–Crippen MR) is 114 cm³/mol. The zero-order valence-electron chi connectivity index (χ0n) is 18.2. The fraction of sp³-hybridized carbons (Fsp3) is 0.440. The third-order valence-corrected chi connectivity index (χ3v) is 5.06. The predicted octanol–water partition coefficient (Wildman–Crippen LogP) is 5.33. The van der Waals surface area contributed by atoms with E-state index in [-0.39, 0.29) is 17.0 Å². The minimum Gasteiger partial charge on any atom is -0.488 e. The molecule has 4 heteroatoms. The molecule has 3 rings (SSSR count). The second-order valence-electron chi connectivity index (χ2n) is 8.94. The molecule has 1 aliphatic heterocycles. The lowest BCUT2D eigenvalue weighted by atomic mass is 9.73. The average Bonchev–Trinajstić information content (AvgIpc) is 2.60. The molecule has 0 unspecified atom stereocenters. The maximum absolute atomic E-state index is 11.6. The molecule has 0 spiro atoms. The quantitative estimate of drug-likeness (QED) is 0.524. The SMILES string of the molecule is CCCC(=O)Oc1ccc(C#Cc2cc3c(cc2C)OC(C)(C)CC3(C)C)nc1. The molecule has 0 radical (unpaired) electrons. The number of esters is 1. The average molecular weight is 392 g/mol. The van der Waals surface area contributed by atoms with Crippen molar-refractivity contribution >= 4 is 5.97 Å². The first kappa shape index (κ1) is 20.9. The Kier molecular flexibility index (Phi) is 5.71. The Bertz CT molecular complexity index is 976. The van der Waals surface area contributed by atoms with Gasteiger partial charge >= 0.3 is 5.97 Å². The highest BCUT2D eigenvalue weighted by molar-refractivity contribution is 5.72. The van der Waals surface area contributed by atoms with Crippen LogP contribution in [0.25, 0.3) is 0 Å². The molecule has 0 amide bonds. The molecule has 152 valence electrons. The fourth-order valence-corrected chi connectivity index (χ4v) is 3.96. The van der Waals surface area contributed by atoms with Gasteiger partial charge < -0.3 is 9.47 Å². The van der Waals surface area contributed by atoms with Crippen molar-refractivity contribution in [2.75, 3.05) is 0 Å². The van der Waals surface area contributed by atoms with Crippen molar-refractivity contribution in [1.29, 1.82) is 0 Å². The Morgan fingerprint density at radius 2 is 1.97 bits per heavy atom. The molecule has 2 aromatic rings. The van der Waals surface area contributed by atoms with Crippen molar-refractivity contribution < 1.29 is 14.3 Å². The van der Waals surface area contributed by atoms with Gasteiger partial charge in [-0.05, 0) is 74.8 Å². The number of pyridine rings is 1. The summed E-state index contributed by atoms with van der Waals surface area (Å²) in [6.45, 7) is 12.8. The lowest BCUT2D eigenvalue weighted by Crippen LogP contribution is -2.41. The van der Waals surface area contributed by atoms with Crippen molar-refractivity contribution in [3.8, 4) is 23.3 Å². The van der Waals surface area contributed by atoms with Crippen LogP contribution in [0.15, 0.2) is 30.5 Å². The smallest absolute Gasteiger partial charge is 0.311 e. The van der Waals surface area contributed by atoms with E-state index in [1.165, 1.54) is 11.8 Å². The summed E-state index contributed by atoms with van der Waals surface area (Å²) in [4.78, 5) is 15.9. The highest BCUT2D eigenvalue weighted by atomic mass is 16.5. The number of hydrogen-bond acceptors (Lipinski definition) is 4. The van der Waals surface area contributed by atoms with Gasteiger partial charge in [0.05, 0.1) is 6.20 Å². The van der Waals surface area contributed by atoms with E-state index >= 15 is 0 Å². The number of hydrogen-bond donors (Lipinski definition) is 0. The summed E-state index contributed by atoms with van der Waals surface area (Å²) in [7, 11) is 0. The van der Waals surface area contributed by atoms with E-state index < -0.39 is 0 Å². The molecule has 0 bridgehead atoms. The normalized spacial score (nSPS) is 16.1. The van der Waals surface area contributed by atoms with Crippen LogP contribution < -0.4 is 9.47 Å². The van der Waals surface area contributed by atoms with E-state index in [9.17, 15) is 4.79 Å². The third-order valence-electron chi connectivity index (χ3n) is 5.06. The number of carbonyl (C=O) groups excluding carboxylic acids is 1. The Labute approximate surface area is 173 Å². The highest BCUT2D eigenvalue weighted by Gasteiger charge is 2.39. The Hall–Kier alpha value is -2.80. The van der Waals surface area contributed by atoms with Crippen molar-refractivity contribution in [1.82, 2.24) is 4.98 Å². The van der Waals surface area contributed by atoms with Crippen LogP contribution in [0.3, 0.4) is 0 Å². The number of fused-ring (bicyclic) bond motifs is 1. The molecule has 1 aliphatic rings. The van der Waals surface area contributed by atoms with Gasteiger partial charge in [-0.1, -0.05) is 26.7 Å². The van der Waals surface area contributed by atoms with E-state index in [4.69, 9.17) is 9.47 Å². The minimum atomic E-state index is -0.245. The van der Waals surface area contributed by atoms with Crippen LogP contribution in [0.1, 0.15) is 76.3 Å². The molecule has 0 saturated heterocycles. The fourth-order valence-electron chi connectivity index (χ4n) is 3.96. The first-order valence-corrected chi connectivity index (χ1v) is 10.1. The number of rotatable bonds is 3. The molecule has 1 aromatic carbocycles. The largest absolute Gasteiger partial charge is 0.488 e. The standard InChI is InChI=1S/C25H29NO3/c1-7-8-23(27)28-20-12-11-19(26-15-20)10-9-18-14-21-22(13-17(18)2)29-25(5,6)16-24(21,3)4/h11-15H,7-8,16H2,1-6H3. The van der Waals surface area contributed by atoms with E-state index in [1.54, 1.807) is 12.1 Å². The van der Waals surface area contributed by atoms with E-state index in [0.717, 1.165) is 29.7 Å². The summed E-state index contributed by atoms with van der Waals surface area (Å²) in [6.07, 6.45) is 3.64. The van der Waals surface area contributed by atoms with Crippen LogP contribution >= 0.6 is 0 Å². The maximum atomic E-state index is 11.6. The monoisotopic (exact) mass is 391 g/mol. The van der Waals surface area contributed by atoms with Gasteiger partial charge in [-0.15, -0.1) is 0 Å². The van der Waals surface area contributed by atoms with Crippen molar-refractivity contribution in [2.24, 2.45) is 0 Å². The van der Waals surface area contributed by atoms with Crippen molar-refractivity contribution in [2.45, 2.75) is 71.8 Å². The first-order valence-electron chi connectivity index (χ1n) is 10.1. The van der Waals surface area contributed by atoms with Crippen LogP contribution in [-0.4, -0.2) is 16.6 Å². The lowest BCUT2D eigenvalue weighted by molar-refractivity contribution is -0.134. The molecule has 0 saturated carbocycles. The zero-order chi connectivity index (χ0) is 21.2. The van der Waals surface area contributed by atoms with Crippen LogP contribution in [0.4, 0.5) is 0 Å². The Morgan fingerprint density at radius 3 is 2.62 bits per heavy atom. The molecule has 0 fully saturated rings. The third kappa shape index (κ3) is 4.98. The van der Waals surface area contributed by atoms with Gasteiger partial charge in [-0.2, -0.15) is 0 Å². The molecule has 29 heavy (non-hydrogen) atoms. The van der Waals surface area contributed by atoms with Crippen molar-refractivity contribution in [3.05, 3.63) is 52.8 Å². The summed E-state index contributed by atoms with van der Waals surface area (Å²) in [5, 5.41) is 0. The summed E-state index contributed by atoms with van der Waals surface area (Å²) < 4.78 is 11.4. The Balaban J connectivity index is 1.84. The first-order chi connectivity index (χ1) is 13.6. The van der Waals surface area contributed by atoms with Gasteiger partial charge in [0.25, 0.3) is 0 Å². The van der Waals surface area contributed by atoms with Crippen LogP contribution in [-0.2, 0) is 10.2 Å². The van der Waals surface area contributed by atoms with Gasteiger partial charge in [-0.3, -0.25) is 4.79 Å². The summed E-state index contributed by atoms with van der Waals surface area (Å²) in [6, 6.07) is 7.73. The van der Waals surface area contributed by atoms with E-state index in [2.05, 4.69) is 56.7 Å². The molecule has 2 heterocycles. The number of carbonyl (C=O) groups is 1. The second kappa shape index (κ2) is 7.91. The van der Waals surface area contributed by atoms with Gasteiger partial charge in [0, 0.05) is 17.5 Å². The van der Waals surface area contributed by atoms with E-state index in [1.807, 2.05) is 13.8 Å². The number of ether oxygens (including phenoxy) is 2. The molecule has 0 atom stereocenters. The Morgan fingerprint density at radius 1 is 1.21 bits per heavy atom. The minimum absolute atomic E-state index is 0.0173. The van der Waals surface area contributed by atoms with Crippen LogP contribution in [0.5, 0.6) is 11.5 Å². The van der Waals surface area contributed by atoms with E-state index in [0.29, 0.717) is 17.9 Å². The topological polar surface area (TPSA) is 48.4 Å². The number of benzene rings is 1. The molecular formula is C25H29NO3. The van der Waals surface area contributed by atoms with Crippen LogP contribution in [0.2, 0.25) is 0 Å². The summed E-state index contributed by atoms with van der Waals surface area (Å²) >= 11 is 0. The molecule has 1 aromatic heterocycles. The number of aryl methyl sites for hydroxylation is 1. The summed E-state index contributed by atoms with van der Waals surface area (Å²) in [5.74, 6) is 7.51. The van der Waals surface area contributed by atoms with Gasteiger partial charge in [-0.25, -0.2) is 4.98 Å². The van der Waals surface area contributed by atoms with Gasteiger partial charge in [0.15, 0.2) is 0 Å².